The predicted molar refractivity (Wildman–Crippen MR) is 113 cm³/mol. The van der Waals surface area contributed by atoms with Gasteiger partial charge in [-0.25, -0.2) is 0 Å². The van der Waals surface area contributed by atoms with Crippen LogP contribution in [-0.2, 0) is 9.53 Å². The second-order valence-electron chi connectivity index (χ2n) is 6.74. The van der Waals surface area contributed by atoms with E-state index in [1.807, 2.05) is 14.0 Å². The number of halogens is 1. The minimum Gasteiger partial charge on any atom is -0.466 e. The molecule has 0 saturated carbocycles. The molecule has 0 radical (unpaired) electrons. The monoisotopic (exact) mass is 466 g/mol. The number of ether oxygens (including phenoxy) is 1. The lowest BCUT2D eigenvalue weighted by molar-refractivity contribution is -0.149. The molecule has 25 heavy (non-hydrogen) atoms. The lowest BCUT2D eigenvalue weighted by Gasteiger charge is -2.37. The second-order valence-corrected chi connectivity index (χ2v) is 6.74. The van der Waals surface area contributed by atoms with Gasteiger partial charge in [0, 0.05) is 32.7 Å². The van der Waals surface area contributed by atoms with Gasteiger partial charge in [0.2, 0.25) is 0 Å². The quantitative estimate of drug-likeness (QED) is 0.292. The number of hydrogen-bond acceptors (Lipinski definition) is 4. The number of guanidine groups is 1. The van der Waals surface area contributed by atoms with Crippen LogP contribution in [0.2, 0.25) is 0 Å². The average molecular weight is 466 g/mol. The first-order valence-electron chi connectivity index (χ1n) is 9.55. The highest BCUT2D eigenvalue weighted by atomic mass is 127. The number of hydrogen-bond donors (Lipinski definition) is 1. The third-order valence-corrected chi connectivity index (χ3v) is 5.20. The molecule has 2 aliphatic heterocycles. The Morgan fingerprint density at radius 2 is 2.00 bits per heavy atom. The topological polar surface area (TPSA) is 57.2 Å². The summed E-state index contributed by atoms with van der Waals surface area (Å²) >= 11 is 0. The highest BCUT2D eigenvalue weighted by molar-refractivity contribution is 14.0. The molecule has 2 fully saturated rings. The zero-order valence-electron chi connectivity index (χ0n) is 16.0. The summed E-state index contributed by atoms with van der Waals surface area (Å²) in [6.45, 7) is 9.47. The van der Waals surface area contributed by atoms with E-state index < -0.39 is 0 Å². The van der Waals surface area contributed by atoms with Crippen LogP contribution >= 0.6 is 24.0 Å². The van der Waals surface area contributed by atoms with Crippen LogP contribution in [-0.4, -0.2) is 74.1 Å². The number of esters is 1. The maximum Gasteiger partial charge on any atom is 0.310 e. The second kappa shape index (κ2) is 11.9. The van der Waals surface area contributed by atoms with Crippen molar-refractivity contribution in [1.29, 1.82) is 0 Å². The molecule has 0 aromatic carbocycles. The molecule has 6 nitrogen and oxygen atoms in total. The Bertz CT molecular complexity index is 433. The average Bonchev–Trinajstić information content (AvgIpc) is 2.63. The summed E-state index contributed by atoms with van der Waals surface area (Å²) in [5.41, 5.74) is 0. The van der Waals surface area contributed by atoms with Crippen LogP contribution in [0.25, 0.3) is 0 Å². The molecule has 2 saturated heterocycles. The third-order valence-electron chi connectivity index (χ3n) is 5.20. The van der Waals surface area contributed by atoms with Crippen LogP contribution in [0.4, 0.5) is 0 Å². The Morgan fingerprint density at radius 3 is 2.68 bits per heavy atom. The number of likely N-dealkylation sites (N-methyl/N-ethyl adjacent to an activating group) is 1. The summed E-state index contributed by atoms with van der Waals surface area (Å²) in [5.74, 6) is 0.826. The van der Waals surface area contributed by atoms with Gasteiger partial charge in [0.15, 0.2) is 5.96 Å². The summed E-state index contributed by atoms with van der Waals surface area (Å²) < 4.78 is 5.19. The Balaban J connectivity index is 0.00000312. The molecule has 2 heterocycles. The first-order valence-corrected chi connectivity index (χ1v) is 9.55. The van der Waals surface area contributed by atoms with Gasteiger partial charge < -0.3 is 15.0 Å². The van der Waals surface area contributed by atoms with Crippen LogP contribution in [0.5, 0.6) is 0 Å². The van der Waals surface area contributed by atoms with Gasteiger partial charge in [-0.1, -0.05) is 13.3 Å². The van der Waals surface area contributed by atoms with Crippen LogP contribution in [0.3, 0.4) is 0 Å². The molecule has 0 amide bonds. The predicted octanol–water partition coefficient (Wildman–Crippen LogP) is 2.33. The molecule has 0 aromatic rings. The SMILES string of the molecule is CCOC(=O)C1CCCN(C(=NC)NCC2CCCCN2CC)C1.I. The molecule has 1 N–H and O–H groups in total. The molecular weight excluding hydrogens is 431 g/mol. The van der Waals surface area contributed by atoms with Gasteiger partial charge in [-0.15, -0.1) is 24.0 Å². The molecule has 2 atom stereocenters. The van der Waals surface area contributed by atoms with E-state index in [0.717, 1.165) is 38.4 Å². The van der Waals surface area contributed by atoms with Gasteiger partial charge in [-0.05, 0) is 45.7 Å². The van der Waals surface area contributed by atoms with Gasteiger partial charge in [-0.2, -0.15) is 0 Å². The molecule has 7 heteroatoms. The summed E-state index contributed by atoms with van der Waals surface area (Å²) in [6.07, 6.45) is 5.80. The van der Waals surface area contributed by atoms with Gasteiger partial charge >= 0.3 is 5.97 Å². The van der Waals surface area contributed by atoms with E-state index in [1.165, 1.54) is 25.8 Å². The highest BCUT2D eigenvalue weighted by Gasteiger charge is 2.29. The fraction of sp³-hybridized carbons (Fsp3) is 0.889. The van der Waals surface area contributed by atoms with E-state index in [2.05, 4.69) is 27.0 Å². The summed E-state index contributed by atoms with van der Waals surface area (Å²) in [4.78, 5) is 21.2. The van der Waals surface area contributed by atoms with E-state index >= 15 is 0 Å². The van der Waals surface area contributed by atoms with Crippen molar-refractivity contribution in [2.24, 2.45) is 10.9 Å². The van der Waals surface area contributed by atoms with Crippen molar-refractivity contribution in [3.63, 3.8) is 0 Å². The number of aliphatic imine (C=N–C) groups is 1. The molecule has 2 unspecified atom stereocenters. The van der Waals surface area contributed by atoms with Crippen LogP contribution < -0.4 is 5.32 Å². The van der Waals surface area contributed by atoms with E-state index in [0.29, 0.717) is 19.2 Å². The number of piperidine rings is 2. The highest BCUT2D eigenvalue weighted by Crippen LogP contribution is 2.19. The third kappa shape index (κ3) is 6.58. The van der Waals surface area contributed by atoms with Crippen molar-refractivity contribution in [3.05, 3.63) is 0 Å². The number of carbonyl (C=O) groups is 1. The van der Waals surface area contributed by atoms with Gasteiger partial charge in [0.1, 0.15) is 0 Å². The zero-order valence-corrected chi connectivity index (χ0v) is 18.3. The molecule has 2 rings (SSSR count). The maximum atomic E-state index is 12.0. The van der Waals surface area contributed by atoms with Crippen molar-refractivity contribution < 1.29 is 9.53 Å². The van der Waals surface area contributed by atoms with Crippen LogP contribution in [0.15, 0.2) is 4.99 Å². The molecule has 0 spiro atoms. The van der Waals surface area contributed by atoms with Gasteiger partial charge in [0.05, 0.1) is 12.5 Å². The van der Waals surface area contributed by atoms with Gasteiger partial charge in [0.25, 0.3) is 0 Å². The van der Waals surface area contributed by atoms with Crippen molar-refractivity contribution >= 4 is 35.9 Å². The molecule has 0 aliphatic carbocycles. The summed E-state index contributed by atoms with van der Waals surface area (Å²) in [5, 5.41) is 3.55. The number of nitrogens with zero attached hydrogens (tertiary/aromatic N) is 3. The van der Waals surface area contributed by atoms with Crippen LogP contribution in [0, 0.1) is 5.92 Å². The van der Waals surface area contributed by atoms with E-state index in [4.69, 9.17) is 4.74 Å². The number of carbonyl (C=O) groups excluding carboxylic acids is 1. The summed E-state index contributed by atoms with van der Waals surface area (Å²) in [7, 11) is 1.83. The van der Waals surface area contributed by atoms with Crippen molar-refractivity contribution in [3.8, 4) is 0 Å². The number of nitrogens with one attached hydrogen (secondary N) is 1. The molecule has 0 bridgehead atoms. The first-order chi connectivity index (χ1) is 11.7. The minimum absolute atomic E-state index is 0. The minimum atomic E-state index is -0.0675. The standard InChI is InChI=1S/C18H34N4O2.HI/c1-4-21-11-7-6-10-16(21)13-20-18(19-3)22-12-8-9-15(14-22)17(23)24-5-2;/h15-16H,4-14H2,1-3H3,(H,19,20);1H. The van der Waals surface area contributed by atoms with Crippen molar-refractivity contribution in [2.75, 3.05) is 46.4 Å². The Morgan fingerprint density at radius 1 is 1.20 bits per heavy atom. The zero-order chi connectivity index (χ0) is 17.4. The Labute approximate surface area is 169 Å². The fourth-order valence-electron chi connectivity index (χ4n) is 3.87. The fourth-order valence-corrected chi connectivity index (χ4v) is 3.87. The number of likely N-dealkylation sites (tertiary alicyclic amines) is 2. The Kier molecular flexibility index (Phi) is 10.7. The smallest absolute Gasteiger partial charge is 0.310 e. The summed E-state index contributed by atoms with van der Waals surface area (Å²) in [6, 6.07) is 0.589. The van der Waals surface area contributed by atoms with Crippen molar-refractivity contribution in [2.45, 2.75) is 52.0 Å². The van der Waals surface area contributed by atoms with Gasteiger partial charge in [-0.3, -0.25) is 14.7 Å². The van der Waals surface area contributed by atoms with Crippen LogP contribution in [0.1, 0.15) is 46.0 Å². The first kappa shape index (κ1) is 22.5. The largest absolute Gasteiger partial charge is 0.466 e. The van der Waals surface area contributed by atoms with E-state index in [1.54, 1.807) is 0 Å². The number of rotatable bonds is 5. The lowest BCUT2D eigenvalue weighted by Crippen LogP contribution is -2.52. The molecule has 0 aromatic heterocycles. The molecule has 146 valence electrons. The van der Waals surface area contributed by atoms with Crippen molar-refractivity contribution in [1.82, 2.24) is 15.1 Å². The normalized spacial score (nSPS) is 25.2. The molecule has 2 aliphatic rings. The van der Waals surface area contributed by atoms with E-state index in [9.17, 15) is 4.79 Å². The Hall–Kier alpha value is -0.570. The van der Waals surface area contributed by atoms with E-state index in [-0.39, 0.29) is 35.9 Å². The lowest BCUT2D eigenvalue weighted by atomic mass is 9.98. The molecular formula is C18H35IN4O2. The maximum absolute atomic E-state index is 12.0.